The second-order valence-corrected chi connectivity index (χ2v) is 14.9. The monoisotopic (exact) mass is 681 g/mol. The van der Waals surface area contributed by atoms with Gasteiger partial charge in [-0.15, -0.1) is 0 Å². The van der Waals surface area contributed by atoms with Crippen LogP contribution in [0.15, 0.2) is 186 Å². The molecule has 7 aromatic carbocycles. The molecule has 2 nitrogen and oxygen atoms in total. The highest BCUT2D eigenvalue weighted by molar-refractivity contribution is 6.06. The fraction of sp³-hybridized carbons (Fsp3) is 0.0980. The van der Waals surface area contributed by atoms with Crippen molar-refractivity contribution in [1.82, 2.24) is 0 Å². The zero-order chi connectivity index (χ0) is 35.5. The maximum absolute atomic E-state index is 6.10. The van der Waals surface area contributed by atoms with Gasteiger partial charge in [0, 0.05) is 33.3 Å². The minimum absolute atomic E-state index is 0.146. The molecule has 0 radical (unpaired) electrons. The maximum Gasteiger partial charge on any atom is 0.135 e. The Bertz CT molecular complexity index is 2730. The van der Waals surface area contributed by atoms with Gasteiger partial charge in [0.1, 0.15) is 11.2 Å². The molecule has 0 atom stereocenters. The molecule has 0 amide bonds. The first kappa shape index (κ1) is 31.4. The minimum atomic E-state index is -0.146. The molecule has 53 heavy (non-hydrogen) atoms. The second-order valence-electron chi connectivity index (χ2n) is 14.9. The molecular weight excluding hydrogens is 643 g/mol. The Kier molecular flexibility index (Phi) is 7.33. The molecule has 0 bridgehead atoms. The van der Waals surface area contributed by atoms with Crippen LogP contribution in [0.3, 0.4) is 0 Å². The van der Waals surface area contributed by atoms with Crippen LogP contribution in [0.5, 0.6) is 0 Å². The summed E-state index contributed by atoms with van der Waals surface area (Å²) >= 11 is 0. The number of hydrogen-bond acceptors (Lipinski definition) is 2. The van der Waals surface area contributed by atoms with Crippen LogP contribution in [0.1, 0.15) is 37.8 Å². The molecule has 0 N–H and O–H groups in total. The van der Waals surface area contributed by atoms with Crippen molar-refractivity contribution in [3.05, 3.63) is 193 Å². The SMILES string of the molecule is CC1(C)c2cc(-c3ccc(-c4ccccc4)cc3)ccc2-c2ccc(N(C3=CC=CCC3)c3ccc(-c4ccc5oc6ccccc6c5c4)cc3)cc21. The first-order valence-corrected chi connectivity index (χ1v) is 18.6. The average molecular weight is 682 g/mol. The van der Waals surface area contributed by atoms with Gasteiger partial charge in [0.15, 0.2) is 0 Å². The summed E-state index contributed by atoms with van der Waals surface area (Å²) in [5, 5.41) is 2.30. The van der Waals surface area contributed by atoms with Crippen LogP contribution in [-0.4, -0.2) is 0 Å². The topological polar surface area (TPSA) is 16.4 Å². The molecule has 0 spiro atoms. The van der Waals surface area contributed by atoms with E-state index in [1.165, 1.54) is 72.7 Å². The largest absolute Gasteiger partial charge is 0.456 e. The molecule has 0 saturated heterocycles. The Morgan fingerprint density at radius 1 is 0.491 bits per heavy atom. The zero-order valence-electron chi connectivity index (χ0n) is 30.0. The van der Waals surface area contributed by atoms with Gasteiger partial charge in [-0.3, -0.25) is 0 Å². The van der Waals surface area contributed by atoms with Crippen LogP contribution in [0.2, 0.25) is 0 Å². The molecule has 2 heteroatoms. The smallest absolute Gasteiger partial charge is 0.135 e. The molecule has 2 aliphatic carbocycles. The number of fused-ring (bicyclic) bond motifs is 6. The van der Waals surface area contributed by atoms with E-state index in [9.17, 15) is 0 Å². The van der Waals surface area contributed by atoms with Crippen LogP contribution in [0.25, 0.3) is 66.4 Å². The Morgan fingerprint density at radius 2 is 1.06 bits per heavy atom. The summed E-state index contributed by atoms with van der Waals surface area (Å²) in [5.74, 6) is 0. The van der Waals surface area contributed by atoms with E-state index in [1.807, 2.05) is 12.1 Å². The Morgan fingerprint density at radius 3 is 1.81 bits per heavy atom. The van der Waals surface area contributed by atoms with Gasteiger partial charge in [-0.25, -0.2) is 0 Å². The van der Waals surface area contributed by atoms with Crippen molar-refractivity contribution < 1.29 is 4.42 Å². The van der Waals surface area contributed by atoms with Gasteiger partial charge in [-0.05, 0) is 123 Å². The molecule has 0 fully saturated rings. The van der Waals surface area contributed by atoms with Gasteiger partial charge in [0.2, 0.25) is 0 Å². The van der Waals surface area contributed by atoms with Gasteiger partial charge < -0.3 is 9.32 Å². The van der Waals surface area contributed by atoms with Gasteiger partial charge in [0.25, 0.3) is 0 Å². The van der Waals surface area contributed by atoms with Crippen LogP contribution in [-0.2, 0) is 5.41 Å². The number of para-hydroxylation sites is 1. The molecule has 2 aliphatic rings. The highest BCUT2D eigenvalue weighted by Crippen LogP contribution is 2.51. The van der Waals surface area contributed by atoms with Crippen LogP contribution in [0.4, 0.5) is 11.4 Å². The van der Waals surface area contributed by atoms with Crippen molar-refractivity contribution in [2.45, 2.75) is 32.1 Å². The van der Waals surface area contributed by atoms with E-state index in [2.05, 4.69) is 183 Å². The van der Waals surface area contributed by atoms with Gasteiger partial charge in [-0.1, -0.05) is 135 Å². The predicted octanol–water partition coefficient (Wildman–Crippen LogP) is 14.3. The van der Waals surface area contributed by atoms with E-state index >= 15 is 0 Å². The highest BCUT2D eigenvalue weighted by atomic mass is 16.3. The fourth-order valence-electron chi connectivity index (χ4n) is 8.50. The van der Waals surface area contributed by atoms with Gasteiger partial charge >= 0.3 is 0 Å². The number of rotatable bonds is 6. The molecule has 10 rings (SSSR count). The summed E-state index contributed by atoms with van der Waals surface area (Å²) in [6, 6.07) is 57.6. The third kappa shape index (κ3) is 5.33. The molecule has 0 unspecified atom stereocenters. The lowest BCUT2D eigenvalue weighted by atomic mass is 9.81. The van der Waals surface area contributed by atoms with Crippen molar-refractivity contribution in [3.63, 3.8) is 0 Å². The summed E-state index contributed by atoms with van der Waals surface area (Å²) in [4.78, 5) is 2.46. The molecule has 0 aliphatic heterocycles. The van der Waals surface area contributed by atoms with Crippen LogP contribution in [0, 0.1) is 0 Å². The molecule has 8 aromatic rings. The first-order chi connectivity index (χ1) is 26.0. The summed E-state index contributed by atoms with van der Waals surface area (Å²) in [6.07, 6.45) is 8.77. The third-order valence-electron chi connectivity index (χ3n) is 11.4. The van der Waals surface area contributed by atoms with E-state index in [0.29, 0.717) is 0 Å². The van der Waals surface area contributed by atoms with Crippen molar-refractivity contribution >= 4 is 33.3 Å². The lowest BCUT2D eigenvalue weighted by Gasteiger charge is -2.30. The fourth-order valence-corrected chi connectivity index (χ4v) is 8.50. The van der Waals surface area contributed by atoms with E-state index in [4.69, 9.17) is 4.42 Å². The Hall–Kier alpha value is -6.38. The van der Waals surface area contributed by atoms with Crippen molar-refractivity contribution in [2.24, 2.45) is 0 Å². The Balaban J connectivity index is 0.989. The Labute approximate surface area is 311 Å². The number of benzene rings is 7. The molecule has 1 aromatic heterocycles. The van der Waals surface area contributed by atoms with Crippen molar-refractivity contribution in [1.29, 1.82) is 0 Å². The summed E-state index contributed by atoms with van der Waals surface area (Å²) in [6.45, 7) is 4.76. The number of anilines is 2. The standard InChI is InChI=1S/C51H39NO/c1-51(2)47-32-39(36-19-17-35(18-20-36)34-11-5-3-6-12-34)23-28-43(47)44-29-27-42(33-48(44)51)52(40-13-7-4-8-14-40)41-25-21-37(22-26-41)38-24-30-50-46(31-38)45-15-9-10-16-49(45)53-50/h3-7,9-13,15-33H,8,14H2,1-2H3. The van der Waals surface area contributed by atoms with Crippen LogP contribution >= 0.6 is 0 Å². The third-order valence-corrected chi connectivity index (χ3v) is 11.4. The quantitative estimate of drug-likeness (QED) is 0.174. The minimum Gasteiger partial charge on any atom is -0.456 e. The number of hydrogen-bond donors (Lipinski definition) is 0. The lowest BCUT2D eigenvalue weighted by Crippen LogP contribution is -2.19. The summed E-state index contributed by atoms with van der Waals surface area (Å²) < 4.78 is 6.10. The van der Waals surface area contributed by atoms with E-state index < -0.39 is 0 Å². The molecule has 1 heterocycles. The summed E-state index contributed by atoms with van der Waals surface area (Å²) in [7, 11) is 0. The summed E-state index contributed by atoms with van der Waals surface area (Å²) in [5.41, 5.74) is 18.1. The normalized spacial score (nSPS) is 14.3. The number of allylic oxidation sites excluding steroid dienone is 4. The van der Waals surface area contributed by atoms with E-state index in [1.54, 1.807) is 0 Å². The van der Waals surface area contributed by atoms with Crippen LogP contribution < -0.4 is 4.90 Å². The molecule has 254 valence electrons. The molecular formula is C51H39NO. The van der Waals surface area contributed by atoms with Gasteiger partial charge in [0.05, 0.1) is 0 Å². The van der Waals surface area contributed by atoms with Crippen molar-refractivity contribution in [3.8, 4) is 44.5 Å². The first-order valence-electron chi connectivity index (χ1n) is 18.6. The molecule has 0 saturated carbocycles. The average Bonchev–Trinajstić information content (AvgIpc) is 3.70. The van der Waals surface area contributed by atoms with Gasteiger partial charge in [-0.2, -0.15) is 0 Å². The zero-order valence-corrected chi connectivity index (χ0v) is 30.0. The van der Waals surface area contributed by atoms with E-state index in [0.717, 1.165) is 34.8 Å². The highest BCUT2D eigenvalue weighted by Gasteiger charge is 2.36. The second kappa shape index (κ2) is 12.4. The number of furan rings is 1. The van der Waals surface area contributed by atoms with Crippen molar-refractivity contribution in [2.75, 3.05) is 4.90 Å². The lowest BCUT2D eigenvalue weighted by molar-refractivity contribution is 0.660. The maximum atomic E-state index is 6.10. The predicted molar refractivity (Wildman–Crippen MR) is 223 cm³/mol. The number of nitrogens with zero attached hydrogens (tertiary/aromatic N) is 1. The van der Waals surface area contributed by atoms with E-state index in [-0.39, 0.29) is 5.41 Å².